The monoisotopic (exact) mass is 469 g/mol. The van der Waals surface area contributed by atoms with E-state index >= 15 is 0 Å². The van der Waals surface area contributed by atoms with Gasteiger partial charge in [-0.2, -0.15) is 5.26 Å². The summed E-state index contributed by atoms with van der Waals surface area (Å²) >= 11 is 0. The van der Waals surface area contributed by atoms with Crippen LogP contribution in [0.15, 0.2) is 55.0 Å². The van der Waals surface area contributed by atoms with Gasteiger partial charge in [0.2, 0.25) is 5.88 Å². The van der Waals surface area contributed by atoms with E-state index in [0.29, 0.717) is 11.4 Å². The molecule has 0 saturated carbocycles. The van der Waals surface area contributed by atoms with Crippen LogP contribution in [0.25, 0.3) is 28.0 Å². The van der Waals surface area contributed by atoms with Gasteiger partial charge >= 0.3 is 0 Å². The van der Waals surface area contributed by atoms with E-state index in [4.69, 9.17) is 15.0 Å². The fourth-order valence-electron chi connectivity index (χ4n) is 4.36. The molecular formula is C28H31N5O2. The number of aromatic nitrogens is 3. The van der Waals surface area contributed by atoms with Crippen LogP contribution in [-0.2, 0) is 6.61 Å². The highest BCUT2D eigenvalue weighted by Gasteiger charge is 2.18. The van der Waals surface area contributed by atoms with Gasteiger partial charge in [0.25, 0.3) is 0 Å². The van der Waals surface area contributed by atoms with Crippen LogP contribution in [0.1, 0.15) is 36.0 Å². The Balaban J connectivity index is 0.000000356. The number of aryl methyl sites for hydroxylation is 1. The number of nitriles is 1. The summed E-state index contributed by atoms with van der Waals surface area (Å²) in [6.07, 6.45) is 7.72. The van der Waals surface area contributed by atoms with Crippen molar-refractivity contribution < 1.29 is 9.84 Å². The Bertz CT molecular complexity index is 1330. The SMILES string of the molecule is CN1CCCCC1.COc1nc(-c2ccc(C#N)cc2)c(-c2ccc(CO)c(C)c2)n2cncc12. The van der Waals surface area contributed by atoms with Crippen molar-refractivity contribution in [3.8, 4) is 34.5 Å². The number of nitrogens with zero attached hydrogens (tertiary/aromatic N) is 5. The molecule has 1 N–H and O–H groups in total. The lowest BCUT2D eigenvalue weighted by Gasteiger charge is -2.20. The maximum Gasteiger partial charge on any atom is 0.240 e. The number of aliphatic hydroxyl groups is 1. The number of hydrogen-bond acceptors (Lipinski definition) is 6. The molecule has 5 rings (SSSR count). The zero-order chi connectivity index (χ0) is 24.8. The summed E-state index contributed by atoms with van der Waals surface area (Å²) in [6, 6.07) is 15.3. The summed E-state index contributed by atoms with van der Waals surface area (Å²) in [7, 11) is 3.77. The molecule has 0 spiro atoms. The molecule has 2 aromatic carbocycles. The molecule has 0 atom stereocenters. The van der Waals surface area contributed by atoms with Crippen LogP contribution < -0.4 is 4.74 Å². The van der Waals surface area contributed by atoms with Gasteiger partial charge in [0.15, 0.2) is 0 Å². The highest BCUT2D eigenvalue weighted by Crippen LogP contribution is 2.35. The van der Waals surface area contributed by atoms with E-state index in [1.165, 1.54) is 32.4 Å². The van der Waals surface area contributed by atoms with Crippen LogP contribution in [-0.4, -0.2) is 51.6 Å². The summed E-state index contributed by atoms with van der Waals surface area (Å²) in [4.78, 5) is 11.4. The molecule has 7 heteroatoms. The molecular weight excluding hydrogens is 438 g/mol. The quantitative estimate of drug-likeness (QED) is 0.460. The summed E-state index contributed by atoms with van der Waals surface area (Å²) < 4.78 is 7.44. The van der Waals surface area contributed by atoms with Crippen molar-refractivity contribution in [2.45, 2.75) is 32.8 Å². The average Bonchev–Trinajstić information content (AvgIpc) is 3.38. The maximum absolute atomic E-state index is 9.50. The molecule has 180 valence electrons. The third-order valence-electron chi connectivity index (χ3n) is 6.38. The first kappa shape index (κ1) is 24.4. The second kappa shape index (κ2) is 11.1. The molecule has 0 unspecified atom stereocenters. The molecule has 1 aliphatic heterocycles. The second-order valence-corrected chi connectivity index (χ2v) is 8.82. The second-order valence-electron chi connectivity index (χ2n) is 8.82. The number of benzene rings is 2. The number of imidazole rings is 1. The van der Waals surface area contributed by atoms with Crippen LogP contribution in [0.5, 0.6) is 5.88 Å². The summed E-state index contributed by atoms with van der Waals surface area (Å²) in [5.74, 6) is 0.476. The fraction of sp³-hybridized carbons (Fsp3) is 0.321. The van der Waals surface area contributed by atoms with Crippen LogP contribution in [0.3, 0.4) is 0 Å². The summed E-state index contributed by atoms with van der Waals surface area (Å²) in [6.45, 7) is 4.61. The van der Waals surface area contributed by atoms with Crippen LogP contribution in [0, 0.1) is 18.3 Å². The molecule has 2 aromatic heterocycles. The Labute approximate surface area is 206 Å². The van der Waals surface area contributed by atoms with Crippen molar-refractivity contribution in [2.75, 3.05) is 27.2 Å². The Kier molecular flexibility index (Phi) is 7.76. The molecule has 1 saturated heterocycles. The molecule has 0 aliphatic carbocycles. The fourth-order valence-corrected chi connectivity index (χ4v) is 4.36. The number of fused-ring (bicyclic) bond motifs is 1. The van der Waals surface area contributed by atoms with Crippen LogP contribution in [0.4, 0.5) is 0 Å². The third-order valence-corrected chi connectivity index (χ3v) is 6.38. The van der Waals surface area contributed by atoms with E-state index in [1.54, 1.807) is 31.8 Å². The van der Waals surface area contributed by atoms with Gasteiger partial charge in [-0.3, -0.25) is 4.40 Å². The Hall–Kier alpha value is -3.73. The normalized spacial score (nSPS) is 13.7. The highest BCUT2D eigenvalue weighted by molar-refractivity contribution is 5.82. The number of piperidine rings is 1. The van der Waals surface area contributed by atoms with Gasteiger partial charge in [-0.1, -0.05) is 30.7 Å². The predicted octanol–water partition coefficient (Wildman–Crippen LogP) is 4.85. The van der Waals surface area contributed by atoms with E-state index in [9.17, 15) is 5.11 Å². The van der Waals surface area contributed by atoms with Crippen molar-refractivity contribution in [1.82, 2.24) is 19.3 Å². The van der Waals surface area contributed by atoms with Crippen LogP contribution >= 0.6 is 0 Å². The molecule has 0 bridgehead atoms. The molecule has 4 aromatic rings. The smallest absolute Gasteiger partial charge is 0.240 e. The molecule has 35 heavy (non-hydrogen) atoms. The molecule has 1 aliphatic rings. The molecule has 1 fully saturated rings. The van der Waals surface area contributed by atoms with E-state index in [-0.39, 0.29) is 6.61 Å². The number of methoxy groups -OCH3 is 1. The topological polar surface area (TPSA) is 86.7 Å². The zero-order valence-electron chi connectivity index (χ0n) is 20.5. The van der Waals surface area contributed by atoms with E-state index in [2.05, 4.69) is 23.0 Å². The predicted molar refractivity (Wildman–Crippen MR) is 137 cm³/mol. The molecule has 0 radical (unpaired) electrons. The lowest BCUT2D eigenvalue weighted by Crippen LogP contribution is -2.24. The summed E-state index contributed by atoms with van der Waals surface area (Å²) in [5.41, 5.74) is 6.64. The van der Waals surface area contributed by atoms with E-state index in [1.807, 2.05) is 41.7 Å². The van der Waals surface area contributed by atoms with Crippen molar-refractivity contribution in [1.29, 1.82) is 5.26 Å². The minimum Gasteiger partial charge on any atom is -0.479 e. The maximum atomic E-state index is 9.50. The lowest BCUT2D eigenvalue weighted by atomic mass is 9.99. The van der Waals surface area contributed by atoms with E-state index in [0.717, 1.165) is 39.2 Å². The van der Waals surface area contributed by atoms with Gasteiger partial charge in [0.05, 0.1) is 49.3 Å². The Morgan fingerprint density at radius 1 is 1.06 bits per heavy atom. The number of rotatable bonds is 4. The Morgan fingerprint density at radius 2 is 1.77 bits per heavy atom. The van der Waals surface area contributed by atoms with Crippen molar-refractivity contribution >= 4 is 5.52 Å². The largest absolute Gasteiger partial charge is 0.479 e. The first-order chi connectivity index (χ1) is 17.0. The van der Waals surface area contributed by atoms with Crippen molar-refractivity contribution in [3.63, 3.8) is 0 Å². The Morgan fingerprint density at radius 3 is 2.34 bits per heavy atom. The minimum atomic E-state index is -0.00403. The number of aliphatic hydroxyl groups excluding tert-OH is 1. The lowest BCUT2D eigenvalue weighted by molar-refractivity contribution is 0.277. The molecule has 3 heterocycles. The number of likely N-dealkylation sites (tertiary alicyclic amines) is 1. The first-order valence-electron chi connectivity index (χ1n) is 11.9. The van der Waals surface area contributed by atoms with Gasteiger partial charge in [-0.05, 0) is 69.2 Å². The standard InChI is InChI=1S/C22H18N4O2.C6H13N/c1-14-9-17(7-8-18(14)12-27)21-20(16-5-3-15(10-23)4-6-16)25-22(28-2)19-11-24-13-26(19)21;1-7-5-3-2-4-6-7/h3-9,11,13,27H,12H2,1-2H3;2-6H2,1H3. The van der Waals surface area contributed by atoms with Crippen molar-refractivity contribution in [2.24, 2.45) is 0 Å². The third kappa shape index (κ3) is 5.35. The average molecular weight is 470 g/mol. The van der Waals surface area contributed by atoms with Gasteiger partial charge in [-0.25, -0.2) is 9.97 Å². The minimum absolute atomic E-state index is 0.00403. The van der Waals surface area contributed by atoms with Gasteiger partial charge in [0, 0.05) is 11.1 Å². The molecule has 7 nitrogen and oxygen atoms in total. The molecule has 0 amide bonds. The van der Waals surface area contributed by atoms with Crippen LogP contribution in [0.2, 0.25) is 0 Å². The van der Waals surface area contributed by atoms with Gasteiger partial charge < -0.3 is 14.7 Å². The van der Waals surface area contributed by atoms with E-state index < -0.39 is 0 Å². The highest BCUT2D eigenvalue weighted by atomic mass is 16.5. The zero-order valence-corrected chi connectivity index (χ0v) is 20.5. The first-order valence-corrected chi connectivity index (χ1v) is 11.9. The van der Waals surface area contributed by atoms with Gasteiger partial charge in [0.1, 0.15) is 5.52 Å². The number of hydrogen-bond donors (Lipinski definition) is 1. The van der Waals surface area contributed by atoms with Crippen molar-refractivity contribution in [3.05, 3.63) is 71.7 Å². The number of ether oxygens (including phenoxy) is 1. The summed E-state index contributed by atoms with van der Waals surface area (Å²) in [5, 5.41) is 18.6. The van der Waals surface area contributed by atoms with Gasteiger partial charge in [-0.15, -0.1) is 0 Å².